The molecule has 5 heteroatoms. The van der Waals surface area contributed by atoms with Crippen LogP contribution < -0.4 is 0 Å². The van der Waals surface area contributed by atoms with Crippen molar-refractivity contribution in [3.63, 3.8) is 0 Å². The highest BCUT2D eigenvalue weighted by Crippen LogP contribution is 2.34. The summed E-state index contributed by atoms with van der Waals surface area (Å²) < 4.78 is 0. The van der Waals surface area contributed by atoms with Crippen molar-refractivity contribution in [3.05, 3.63) is 63.6 Å². The average molecular weight is 352 g/mol. The maximum Gasteiger partial charge on any atom is 0.266 e. The van der Waals surface area contributed by atoms with Gasteiger partial charge >= 0.3 is 0 Å². The second-order valence-corrected chi connectivity index (χ2v) is 7.22. The summed E-state index contributed by atoms with van der Waals surface area (Å²) in [4.78, 5) is 19.3. The topological polar surface area (TPSA) is 52.9 Å². The van der Waals surface area contributed by atoms with Crippen molar-refractivity contribution in [3.8, 4) is 5.75 Å². The number of rotatable bonds is 2. The molecule has 0 spiro atoms. The van der Waals surface area contributed by atoms with Crippen LogP contribution in [0.1, 0.15) is 22.3 Å². The van der Waals surface area contributed by atoms with Crippen LogP contribution in [0.3, 0.4) is 0 Å². The molecule has 2 aromatic rings. The molecule has 0 aromatic heterocycles. The van der Waals surface area contributed by atoms with E-state index < -0.39 is 0 Å². The van der Waals surface area contributed by atoms with Gasteiger partial charge in [0.25, 0.3) is 5.91 Å². The first-order valence-corrected chi connectivity index (χ1v) is 8.80. The van der Waals surface area contributed by atoms with E-state index in [1.54, 1.807) is 11.9 Å². The minimum Gasteiger partial charge on any atom is -0.507 e. The standard InChI is InChI=1S/C20H20N2O2S/c1-12-5-7-16(8-6-12)21-20-22(4)19(24)17(25-20)11-15-9-13(2)18(23)14(3)10-15/h5-11,23H,1-4H3/b17-11+,21-20?. The average Bonchev–Trinajstić information content (AvgIpc) is 2.83. The molecule has 1 aliphatic rings. The molecule has 0 radical (unpaired) electrons. The van der Waals surface area contributed by atoms with E-state index in [0.717, 1.165) is 22.4 Å². The fourth-order valence-corrected chi connectivity index (χ4v) is 3.59. The van der Waals surface area contributed by atoms with Crippen LogP contribution in [-0.2, 0) is 4.79 Å². The molecule has 0 unspecified atom stereocenters. The summed E-state index contributed by atoms with van der Waals surface area (Å²) in [5.41, 5.74) is 4.48. The van der Waals surface area contributed by atoms with E-state index in [9.17, 15) is 9.90 Å². The van der Waals surface area contributed by atoms with Crippen molar-refractivity contribution < 1.29 is 9.90 Å². The molecule has 1 N–H and O–H groups in total. The largest absolute Gasteiger partial charge is 0.507 e. The van der Waals surface area contributed by atoms with Crippen LogP contribution in [0.5, 0.6) is 5.75 Å². The van der Waals surface area contributed by atoms with Gasteiger partial charge in [0, 0.05) is 7.05 Å². The second-order valence-electron chi connectivity index (χ2n) is 6.21. The first kappa shape index (κ1) is 17.3. The Bertz CT molecular complexity index is 875. The number of phenols is 1. The van der Waals surface area contributed by atoms with E-state index in [1.165, 1.54) is 17.3 Å². The number of aromatic hydroxyl groups is 1. The van der Waals surface area contributed by atoms with E-state index in [4.69, 9.17) is 0 Å². The number of phenolic OH excluding ortho intramolecular Hbond substituents is 1. The smallest absolute Gasteiger partial charge is 0.266 e. The molecule has 128 valence electrons. The van der Waals surface area contributed by atoms with Crippen LogP contribution in [0.2, 0.25) is 0 Å². The predicted octanol–water partition coefficient (Wildman–Crippen LogP) is 4.55. The molecular weight excluding hydrogens is 332 g/mol. The number of thioether (sulfide) groups is 1. The number of aryl methyl sites for hydroxylation is 3. The van der Waals surface area contributed by atoms with Crippen LogP contribution in [0.15, 0.2) is 46.3 Å². The highest BCUT2D eigenvalue weighted by molar-refractivity contribution is 8.18. The van der Waals surface area contributed by atoms with Gasteiger partial charge < -0.3 is 5.11 Å². The van der Waals surface area contributed by atoms with Crippen molar-refractivity contribution in [2.75, 3.05) is 7.05 Å². The zero-order valence-corrected chi connectivity index (χ0v) is 15.5. The predicted molar refractivity (Wildman–Crippen MR) is 104 cm³/mol. The van der Waals surface area contributed by atoms with Gasteiger partial charge in [0.05, 0.1) is 10.6 Å². The Hall–Kier alpha value is -2.53. The maximum absolute atomic E-state index is 12.5. The van der Waals surface area contributed by atoms with Gasteiger partial charge in [0.2, 0.25) is 0 Å². The molecule has 0 saturated carbocycles. The third kappa shape index (κ3) is 3.61. The Morgan fingerprint density at radius 3 is 2.28 bits per heavy atom. The van der Waals surface area contributed by atoms with Crippen LogP contribution >= 0.6 is 11.8 Å². The molecular formula is C20H20N2O2S. The molecule has 4 nitrogen and oxygen atoms in total. The van der Waals surface area contributed by atoms with Crippen LogP contribution in [0.25, 0.3) is 6.08 Å². The number of likely N-dealkylation sites (N-methyl/N-ethyl adjacent to an activating group) is 1. The van der Waals surface area contributed by atoms with Gasteiger partial charge in [0.15, 0.2) is 5.17 Å². The highest BCUT2D eigenvalue weighted by atomic mass is 32.2. The lowest BCUT2D eigenvalue weighted by Crippen LogP contribution is -2.23. The quantitative estimate of drug-likeness (QED) is 0.807. The number of hydrogen-bond acceptors (Lipinski definition) is 4. The molecule has 0 aliphatic carbocycles. The molecule has 25 heavy (non-hydrogen) atoms. The summed E-state index contributed by atoms with van der Waals surface area (Å²) >= 11 is 1.36. The third-order valence-corrected chi connectivity index (χ3v) is 5.13. The molecule has 1 amide bonds. The molecule has 1 fully saturated rings. The summed E-state index contributed by atoms with van der Waals surface area (Å²) in [5, 5.41) is 10.6. The zero-order chi connectivity index (χ0) is 18.1. The SMILES string of the molecule is Cc1ccc(N=C2S/C(=C/c3cc(C)c(O)c(C)c3)C(=O)N2C)cc1. The van der Waals surface area contributed by atoms with Crippen LogP contribution in [0, 0.1) is 20.8 Å². The molecule has 3 rings (SSSR count). The lowest BCUT2D eigenvalue weighted by Gasteiger charge is -2.07. The molecule has 1 heterocycles. The van der Waals surface area contributed by atoms with E-state index in [0.29, 0.717) is 15.8 Å². The van der Waals surface area contributed by atoms with Crippen molar-refractivity contribution >= 4 is 34.6 Å². The summed E-state index contributed by atoms with van der Waals surface area (Å²) in [5.74, 6) is 0.227. The zero-order valence-electron chi connectivity index (χ0n) is 14.7. The maximum atomic E-state index is 12.5. The van der Waals surface area contributed by atoms with Crippen molar-refractivity contribution in [2.45, 2.75) is 20.8 Å². The summed E-state index contributed by atoms with van der Waals surface area (Å²) in [6.07, 6.45) is 1.85. The van der Waals surface area contributed by atoms with Gasteiger partial charge in [-0.3, -0.25) is 9.69 Å². The molecule has 2 aromatic carbocycles. The lowest BCUT2D eigenvalue weighted by molar-refractivity contribution is -0.121. The summed E-state index contributed by atoms with van der Waals surface area (Å²) in [6.45, 7) is 5.73. The minimum atomic E-state index is -0.0701. The van der Waals surface area contributed by atoms with Crippen LogP contribution in [-0.4, -0.2) is 28.1 Å². The Kier molecular flexibility index (Phi) is 4.68. The Balaban J connectivity index is 1.92. The molecule has 1 saturated heterocycles. The summed E-state index contributed by atoms with van der Waals surface area (Å²) in [6, 6.07) is 11.6. The lowest BCUT2D eigenvalue weighted by atomic mass is 10.1. The van der Waals surface area contributed by atoms with Gasteiger partial charge in [-0.05, 0) is 79.6 Å². The number of nitrogens with zero attached hydrogens (tertiary/aromatic N) is 2. The first-order chi connectivity index (χ1) is 11.8. The third-order valence-electron chi connectivity index (χ3n) is 4.07. The van der Waals surface area contributed by atoms with E-state index in [1.807, 2.05) is 63.2 Å². The van der Waals surface area contributed by atoms with Gasteiger partial charge in [-0.25, -0.2) is 4.99 Å². The number of carbonyl (C=O) groups is 1. The van der Waals surface area contributed by atoms with Gasteiger partial charge in [-0.1, -0.05) is 17.7 Å². The minimum absolute atomic E-state index is 0.0701. The number of carbonyl (C=O) groups excluding carboxylic acids is 1. The first-order valence-electron chi connectivity index (χ1n) is 7.98. The Morgan fingerprint density at radius 2 is 1.68 bits per heavy atom. The number of amidine groups is 1. The van der Waals surface area contributed by atoms with Crippen molar-refractivity contribution in [2.24, 2.45) is 4.99 Å². The summed E-state index contributed by atoms with van der Waals surface area (Å²) in [7, 11) is 1.73. The Morgan fingerprint density at radius 1 is 1.08 bits per heavy atom. The van der Waals surface area contributed by atoms with E-state index in [-0.39, 0.29) is 5.91 Å². The number of aliphatic imine (C=N–C) groups is 1. The monoisotopic (exact) mass is 352 g/mol. The van der Waals surface area contributed by atoms with Gasteiger partial charge in [0.1, 0.15) is 5.75 Å². The normalized spacial score (nSPS) is 17.8. The van der Waals surface area contributed by atoms with Gasteiger partial charge in [-0.15, -0.1) is 0 Å². The number of benzene rings is 2. The second kappa shape index (κ2) is 6.76. The van der Waals surface area contributed by atoms with E-state index in [2.05, 4.69) is 4.99 Å². The highest BCUT2D eigenvalue weighted by Gasteiger charge is 2.30. The fourth-order valence-electron chi connectivity index (χ4n) is 2.61. The fraction of sp³-hybridized carbons (Fsp3) is 0.200. The number of hydrogen-bond donors (Lipinski definition) is 1. The van der Waals surface area contributed by atoms with Crippen molar-refractivity contribution in [1.82, 2.24) is 4.90 Å². The molecule has 1 aliphatic heterocycles. The van der Waals surface area contributed by atoms with Crippen LogP contribution in [0.4, 0.5) is 5.69 Å². The van der Waals surface area contributed by atoms with E-state index >= 15 is 0 Å². The van der Waals surface area contributed by atoms with Gasteiger partial charge in [-0.2, -0.15) is 0 Å². The van der Waals surface area contributed by atoms with Crippen molar-refractivity contribution in [1.29, 1.82) is 0 Å². The molecule has 0 bridgehead atoms. The Labute approximate surface area is 151 Å². The number of amides is 1. The molecule has 0 atom stereocenters.